The average molecular weight is 373 g/mol. The SMILES string of the molecule is Cc1ccc2c(c1)-c1nc(C(N=CN)=NC(C)C)sc1CCO2.NC=O. The average Bonchev–Trinajstić information content (AvgIpc) is 2.93. The minimum absolute atomic E-state index is 0.135. The molecule has 0 radical (unpaired) electrons. The maximum Gasteiger partial charge on any atom is 0.204 e. The number of aryl methyl sites for hydroxylation is 1. The highest BCUT2D eigenvalue weighted by molar-refractivity contribution is 7.14. The van der Waals surface area contributed by atoms with Gasteiger partial charge in [-0.05, 0) is 32.9 Å². The molecule has 0 unspecified atom stereocenters. The summed E-state index contributed by atoms with van der Waals surface area (Å²) in [6.07, 6.45) is 2.36. The summed E-state index contributed by atoms with van der Waals surface area (Å²) in [4.78, 5) is 23.3. The van der Waals surface area contributed by atoms with E-state index in [4.69, 9.17) is 20.2 Å². The van der Waals surface area contributed by atoms with E-state index in [0.717, 1.165) is 28.4 Å². The lowest BCUT2D eigenvalue weighted by atomic mass is 10.1. The first-order valence-electron chi connectivity index (χ1n) is 8.21. The van der Waals surface area contributed by atoms with E-state index in [1.165, 1.54) is 16.8 Å². The molecule has 0 atom stereocenters. The van der Waals surface area contributed by atoms with Crippen LogP contribution in [0.5, 0.6) is 5.75 Å². The number of primary amides is 1. The molecule has 1 aliphatic heterocycles. The van der Waals surface area contributed by atoms with Gasteiger partial charge in [-0.3, -0.25) is 9.79 Å². The van der Waals surface area contributed by atoms with Crippen LogP contribution in [0.2, 0.25) is 0 Å². The predicted molar refractivity (Wildman–Crippen MR) is 106 cm³/mol. The number of amidine groups is 1. The van der Waals surface area contributed by atoms with Crippen LogP contribution in [0.15, 0.2) is 28.2 Å². The van der Waals surface area contributed by atoms with Gasteiger partial charge in [-0.2, -0.15) is 0 Å². The Balaban J connectivity index is 0.000000758. The zero-order valence-electron chi connectivity index (χ0n) is 15.1. The minimum Gasteiger partial charge on any atom is -0.493 e. The minimum atomic E-state index is 0.135. The molecule has 0 aliphatic carbocycles. The van der Waals surface area contributed by atoms with Crippen molar-refractivity contribution in [3.8, 4) is 17.0 Å². The van der Waals surface area contributed by atoms with Crippen molar-refractivity contribution < 1.29 is 9.53 Å². The summed E-state index contributed by atoms with van der Waals surface area (Å²) in [5.41, 5.74) is 12.8. The van der Waals surface area contributed by atoms with E-state index in [2.05, 4.69) is 34.8 Å². The third-order valence-electron chi connectivity index (χ3n) is 3.44. The Bertz CT molecular complexity index is 827. The normalized spacial score (nSPS) is 13.3. The Labute approximate surface area is 156 Å². The molecule has 138 valence electrons. The second-order valence-corrected chi connectivity index (χ2v) is 6.93. The summed E-state index contributed by atoms with van der Waals surface area (Å²) in [7, 11) is 0. The van der Waals surface area contributed by atoms with Crippen LogP contribution in [0.25, 0.3) is 11.3 Å². The van der Waals surface area contributed by atoms with Gasteiger partial charge in [0.2, 0.25) is 6.41 Å². The summed E-state index contributed by atoms with van der Waals surface area (Å²) in [6.45, 7) is 6.75. The third-order valence-corrected chi connectivity index (χ3v) is 4.55. The lowest BCUT2D eigenvalue weighted by Gasteiger charge is -2.07. The van der Waals surface area contributed by atoms with Crippen LogP contribution in [0.3, 0.4) is 0 Å². The number of ether oxygens (including phenoxy) is 1. The number of fused-ring (bicyclic) bond motifs is 3. The van der Waals surface area contributed by atoms with Gasteiger partial charge in [-0.25, -0.2) is 9.98 Å². The summed E-state index contributed by atoms with van der Waals surface area (Å²) < 4.78 is 5.84. The van der Waals surface area contributed by atoms with E-state index < -0.39 is 0 Å². The van der Waals surface area contributed by atoms with E-state index in [0.29, 0.717) is 12.4 Å². The molecular formula is C18H23N5O2S. The maximum absolute atomic E-state index is 8.58. The molecule has 0 saturated heterocycles. The quantitative estimate of drug-likeness (QED) is 0.477. The largest absolute Gasteiger partial charge is 0.493 e. The highest BCUT2D eigenvalue weighted by Crippen LogP contribution is 2.38. The van der Waals surface area contributed by atoms with Crippen LogP contribution >= 0.6 is 11.3 Å². The number of carbonyl (C=O) groups excluding carboxylic acids is 1. The molecule has 26 heavy (non-hydrogen) atoms. The summed E-state index contributed by atoms with van der Waals surface area (Å²) in [5, 5.41) is 0.805. The lowest BCUT2D eigenvalue weighted by Crippen LogP contribution is -2.05. The van der Waals surface area contributed by atoms with Crippen molar-refractivity contribution in [1.29, 1.82) is 0 Å². The predicted octanol–water partition coefficient (Wildman–Crippen LogP) is 2.30. The molecule has 3 rings (SSSR count). The number of benzene rings is 1. The summed E-state index contributed by atoms with van der Waals surface area (Å²) in [5.74, 6) is 1.48. The third kappa shape index (κ3) is 4.66. The Morgan fingerprint density at radius 1 is 1.38 bits per heavy atom. The standard InChI is InChI=1S/C17H20N4OS.CH3NO/c1-10(2)20-16(19-9-18)17-21-15-12-8-11(3)4-5-13(12)22-7-6-14(15)23-17;2-1-3/h4-5,8-10H,6-7H2,1-3H3,(H2,18,19,20);1H,(H2,2,3). The number of nitrogens with zero attached hydrogens (tertiary/aromatic N) is 3. The first kappa shape index (κ1) is 19.6. The molecule has 0 spiro atoms. The van der Waals surface area contributed by atoms with Crippen LogP contribution in [0.4, 0.5) is 0 Å². The fourth-order valence-corrected chi connectivity index (χ4v) is 3.50. The Kier molecular flexibility index (Phi) is 6.85. The van der Waals surface area contributed by atoms with Crippen LogP contribution in [-0.2, 0) is 11.2 Å². The van der Waals surface area contributed by atoms with Crippen molar-refractivity contribution in [2.45, 2.75) is 33.2 Å². The molecule has 1 amide bonds. The summed E-state index contributed by atoms with van der Waals surface area (Å²) >= 11 is 1.62. The van der Waals surface area contributed by atoms with Gasteiger partial charge in [0.25, 0.3) is 0 Å². The number of aromatic nitrogens is 1. The molecule has 0 saturated carbocycles. The van der Waals surface area contributed by atoms with E-state index in [1.807, 2.05) is 19.9 Å². The van der Waals surface area contributed by atoms with E-state index in [-0.39, 0.29) is 12.5 Å². The van der Waals surface area contributed by atoms with Gasteiger partial charge >= 0.3 is 0 Å². The van der Waals surface area contributed by atoms with Gasteiger partial charge in [0, 0.05) is 22.9 Å². The molecule has 2 heterocycles. The van der Waals surface area contributed by atoms with Crippen molar-refractivity contribution in [1.82, 2.24) is 4.98 Å². The molecule has 8 heteroatoms. The highest BCUT2D eigenvalue weighted by Gasteiger charge is 2.22. The van der Waals surface area contributed by atoms with Gasteiger partial charge in [-0.1, -0.05) is 11.6 Å². The topological polar surface area (TPSA) is 116 Å². The molecule has 0 bridgehead atoms. The number of hydrogen-bond donors (Lipinski definition) is 2. The van der Waals surface area contributed by atoms with Crippen LogP contribution in [-0.4, -0.2) is 36.2 Å². The molecular weight excluding hydrogens is 350 g/mol. The maximum atomic E-state index is 8.58. The van der Waals surface area contributed by atoms with Crippen LogP contribution in [0, 0.1) is 6.92 Å². The van der Waals surface area contributed by atoms with Crippen molar-refractivity contribution in [3.05, 3.63) is 33.6 Å². The molecule has 4 N–H and O–H groups in total. The Morgan fingerprint density at radius 3 is 2.77 bits per heavy atom. The van der Waals surface area contributed by atoms with Crippen molar-refractivity contribution in [2.75, 3.05) is 6.61 Å². The number of aliphatic imine (C=N–C) groups is 2. The lowest BCUT2D eigenvalue weighted by molar-refractivity contribution is -0.106. The number of thiazole rings is 1. The second-order valence-electron chi connectivity index (χ2n) is 5.85. The van der Waals surface area contributed by atoms with Crippen molar-refractivity contribution in [3.63, 3.8) is 0 Å². The fourth-order valence-electron chi connectivity index (χ4n) is 2.49. The number of rotatable bonds is 2. The smallest absolute Gasteiger partial charge is 0.204 e. The number of hydrogen-bond acceptors (Lipinski definition) is 5. The van der Waals surface area contributed by atoms with Gasteiger partial charge in [0.05, 0.1) is 18.6 Å². The Hall–Kier alpha value is -2.74. The van der Waals surface area contributed by atoms with Crippen LogP contribution < -0.4 is 16.2 Å². The summed E-state index contributed by atoms with van der Waals surface area (Å²) in [6, 6.07) is 6.32. The molecule has 0 fully saturated rings. The van der Waals surface area contributed by atoms with Gasteiger partial charge in [0.1, 0.15) is 5.75 Å². The number of amides is 1. The van der Waals surface area contributed by atoms with E-state index >= 15 is 0 Å². The molecule has 1 aromatic carbocycles. The van der Waals surface area contributed by atoms with E-state index in [9.17, 15) is 0 Å². The molecule has 2 aromatic rings. The monoisotopic (exact) mass is 373 g/mol. The second kappa shape index (κ2) is 9.10. The van der Waals surface area contributed by atoms with Crippen molar-refractivity contribution >= 4 is 29.9 Å². The van der Waals surface area contributed by atoms with Gasteiger partial charge in [-0.15, -0.1) is 11.3 Å². The zero-order chi connectivity index (χ0) is 19.1. The zero-order valence-corrected chi connectivity index (χ0v) is 15.9. The molecule has 7 nitrogen and oxygen atoms in total. The first-order chi connectivity index (χ1) is 12.5. The van der Waals surface area contributed by atoms with E-state index in [1.54, 1.807) is 11.3 Å². The van der Waals surface area contributed by atoms with Gasteiger partial charge in [0.15, 0.2) is 10.8 Å². The molecule has 1 aromatic heterocycles. The van der Waals surface area contributed by atoms with Gasteiger partial charge < -0.3 is 16.2 Å². The highest BCUT2D eigenvalue weighted by atomic mass is 32.1. The number of carbonyl (C=O) groups is 1. The fraction of sp³-hybridized carbons (Fsp3) is 0.333. The molecule has 1 aliphatic rings. The first-order valence-corrected chi connectivity index (χ1v) is 9.03. The van der Waals surface area contributed by atoms with Crippen LogP contribution in [0.1, 0.15) is 29.3 Å². The van der Waals surface area contributed by atoms with Crippen molar-refractivity contribution in [2.24, 2.45) is 21.5 Å². The Morgan fingerprint density at radius 2 is 2.12 bits per heavy atom. The number of nitrogens with two attached hydrogens (primary N) is 2.